The van der Waals surface area contributed by atoms with Crippen molar-refractivity contribution < 1.29 is 17.9 Å². The molecule has 0 saturated carbocycles. The van der Waals surface area contributed by atoms with E-state index in [-0.39, 0.29) is 10.9 Å². The van der Waals surface area contributed by atoms with Gasteiger partial charge in [-0.05, 0) is 12.1 Å². The van der Waals surface area contributed by atoms with Crippen molar-refractivity contribution in [3.05, 3.63) is 24.3 Å². The number of ether oxygens (including phenoxy) is 1. The van der Waals surface area contributed by atoms with Crippen LogP contribution < -0.4 is 5.32 Å². The van der Waals surface area contributed by atoms with Crippen LogP contribution in [0.1, 0.15) is 6.92 Å². The fraction of sp³-hybridized carbons (Fsp3) is 0.111. The first kappa shape index (κ1) is 10.6. The van der Waals surface area contributed by atoms with Gasteiger partial charge in [0.2, 0.25) is 0 Å². The van der Waals surface area contributed by atoms with Crippen molar-refractivity contribution in [2.75, 3.05) is 5.32 Å². The number of carbonyl (C=O) groups excluding carboxylic acids is 1. The summed E-state index contributed by atoms with van der Waals surface area (Å²) in [6.45, 7) is 1.16. The quantitative estimate of drug-likeness (QED) is 0.675. The molecule has 84 valence electrons. The van der Waals surface area contributed by atoms with E-state index in [1.165, 1.54) is 6.07 Å². The number of sulfonamides is 1. The summed E-state index contributed by atoms with van der Waals surface area (Å²) in [4.78, 5) is 10.8. The van der Waals surface area contributed by atoms with Crippen LogP contribution in [-0.4, -0.2) is 20.4 Å². The largest absolute Gasteiger partial charge is 0.392 e. The molecule has 1 aliphatic heterocycles. The number of rotatable bonds is 0. The van der Waals surface area contributed by atoms with Crippen molar-refractivity contribution in [3.8, 4) is 0 Å². The Morgan fingerprint density at radius 2 is 2.06 bits per heavy atom. The van der Waals surface area contributed by atoms with Gasteiger partial charge < -0.3 is 10.1 Å². The van der Waals surface area contributed by atoms with Crippen LogP contribution in [0.25, 0.3) is 0 Å². The summed E-state index contributed by atoms with van der Waals surface area (Å²) in [5, 5.41) is 2.61. The molecule has 0 aromatic heterocycles. The van der Waals surface area contributed by atoms with Crippen LogP contribution in [0.3, 0.4) is 0 Å². The van der Waals surface area contributed by atoms with Crippen molar-refractivity contribution in [2.45, 2.75) is 11.8 Å². The summed E-state index contributed by atoms with van der Waals surface area (Å²) >= 11 is 0. The van der Waals surface area contributed by atoms with Gasteiger partial charge in [0.05, 0.1) is 5.69 Å². The molecule has 1 N–H and O–H groups in total. The van der Waals surface area contributed by atoms with E-state index >= 15 is 0 Å². The molecular weight excluding hydrogens is 232 g/mol. The smallest absolute Gasteiger partial charge is 0.313 e. The van der Waals surface area contributed by atoms with E-state index in [2.05, 4.69) is 14.5 Å². The zero-order valence-electron chi connectivity index (χ0n) is 8.30. The summed E-state index contributed by atoms with van der Waals surface area (Å²) in [5.74, 6) is -0.638. The van der Waals surface area contributed by atoms with Crippen molar-refractivity contribution in [2.24, 2.45) is 4.40 Å². The number of hydrogen-bond donors (Lipinski definition) is 1. The van der Waals surface area contributed by atoms with Gasteiger partial charge in [0, 0.05) is 6.92 Å². The molecular formula is C9H8N2O4S. The molecule has 0 fully saturated rings. The standard InChI is InChI=1S/C9H8N2O4S/c1-6(12)15-9-10-7-4-2-3-5-8(7)16(13,14)11-9/h2-5H,1H3,(H,10,11). The van der Waals surface area contributed by atoms with Crippen LogP contribution in [0.15, 0.2) is 33.6 Å². The van der Waals surface area contributed by atoms with E-state index in [4.69, 9.17) is 0 Å². The Morgan fingerprint density at radius 3 is 2.75 bits per heavy atom. The number of esters is 1. The summed E-state index contributed by atoms with van der Waals surface area (Å²) in [7, 11) is -3.79. The monoisotopic (exact) mass is 240 g/mol. The number of anilines is 1. The average molecular weight is 240 g/mol. The minimum atomic E-state index is -3.79. The highest BCUT2D eigenvalue weighted by Gasteiger charge is 2.25. The maximum atomic E-state index is 11.6. The first-order chi connectivity index (χ1) is 7.49. The molecule has 1 aromatic rings. The van der Waals surface area contributed by atoms with E-state index < -0.39 is 16.0 Å². The Hall–Kier alpha value is -1.89. The topological polar surface area (TPSA) is 84.8 Å². The lowest BCUT2D eigenvalue weighted by Gasteiger charge is -2.16. The summed E-state index contributed by atoms with van der Waals surface area (Å²) in [5.41, 5.74) is 0.341. The number of carbonyl (C=O) groups is 1. The molecule has 2 rings (SSSR count). The molecule has 0 spiro atoms. The van der Waals surface area contributed by atoms with E-state index in [1.807, 2.05) is 0 Å². The molecule has 0 unspecified atom stereocenters. The van der Waals surface area contributed by atoms with Crippen LogP contribution >= 0.6 is 0 Å². The van der Waals surface area contributed by atoms with Gasteiger partial charge in [-0.2, -0.15) is 8.42 Å². The maximum Gasteiger partial charge on any atom is 0.313 e. The molecule has 1 aromatic carbocycles. The number of fused-ring (bicyclic) bond motifs is 1. The lowest BCUT2D eigenvalue weighted by Crippen LogP contribution is -2.25. The molecule has 0 bridgehead atoms. The van der Waals surface area contributed by atoms with Gasteiger partial charge in [0.15, 0.2) is 0 Å². The fourth-order valence-corrected chi connectivity index (χ4v) is 2.32. The number of amidine groups is 1. The van der Waals surface area contributed by atoms with E-state index in [0.29, 0.717) is 5.69 Å². The predicted octanol–water partition coefficient (Wildman–Crippen LogP) is 0.720. The third-order valence-corrected chi connectivity index (χ3v) is 3.17. The second-order valence-corrected chi connectivity index (χ2v) is 4.66. The van der Waals surface area contributed by atoms with Crippen LogP contribution in [0.2, 0.25) is 0 Å². The molecule has 1 aliphatic rings. The van der Waals surface area contributed by atoms with Crippen molar-refractivity contribution >= 4 is 27.7 Å². The number of para-hydroxylation sites is 1. The maximum absolute atomic E-state index is 11.6. The van der Waals surface area contributed by atoms with Crippen molar-refractivity contribution in [1.29, 1.82) is 0 Å². The molecule has 7 heteroatoms. The average Bonchev–Trinajstić information content (AvgIpc) is 2.15. The summed E-state index contributed by atoms with van der Waals surface area (Å²) < 4.78 is 31.2. The Labute approximate surface area is 92.0 Å². The van der Waals surface area contributed by atoms with E-state index in [1.54, 1.807) is 18.2 Å². The highest BCUT2D eigenvalue weighted by atomic mass is 32.2. The highest BCUT2D eigenvalue weighted by molar-refractivity contribution is 7.90. The molecule has 16 heavy (non-hydrogen) atoms. The molecule has 0 atom stereocenters. The number of hydrogen-bond acceptors (Lipinski definition) is 5. The van der Waals surface area contributed by atoms with Crippen LogP contribution in [0, 0.1) is 0 Å². The minimum Gasteiger partial charge on any atom is -0.392 e. The van der Waals surface area contributed by atoms with Gasteiger partial charge in [-0.1, -0.05) is 12.1 Å². The van der Waals surface area contributed by atoms with Crippen molar-refractivity contribution in [1.82, 2.24) is 0 Å². The molecule has 0 aliphatic carbocycles. The molecule has 1 heterocycles. The lowest BCUT2D eigenvalue weighted by molar-refractivity contribution is -0.132. The van der Waals surface area contributed by atoms with Crippen LogP contribution in [-0.2, 0) is 19.6 Å². The van der Waals surface area contributed by atoms with Gasteiger partial charge in [-0.25, -0.2) is 0 Å². The van der Waals surface area contributed by atoms with Gasteiger partial charge in [-0.15, -0.1) is 4.40 Å². The Bertz CT molecular complexity index is 577. The molecule has 0 saturated heterocycles. The van der Waals surface area contributed by atoms with Crippen LogP contribution in [0.4, 0.5) is 5.69 Å². The van der Waals surface area contributed by atoms with Gasteiger partial charge in [0.25, 0.3) is 10.0 Å². The highest BCUT2D eigenvalue weighted by Crippen LogP contribution is 2.26. The number of nitrogens with one attached hydrogen (secondary N) is 1. The normalized spacial score (nSPS) is 16.7. The first-order valence-corrected chi connectivity index (χ1v) is 5.82. The predicted molar refractivity (Wildman–Crippen MR) is 56.5 cm³/mol. The van der Waals surface area contributed by atoms with Gasteiger partial charge in [-0.3, -0.25) is 4.79 Å². The first-order valence-electron chi connectivity index (χ1n) is 4.38. The van der Waals surface area contributed by atoms with E-state index in [9.17, 15) is 13.2 Å². The Balaban J connectivity index is 2.48. The molecule has 6 nitrogen and oxygen atoms in total. The zero-order chi connectivity index (χ0) is 11.8. The van der Waals surface area contributed by atoms with Crippen molar-refractivity contribution in [3.63, 3.8) is 0 Å². The third-order valence-electron chi connectivity index (χ3n) is 1.85. The zero-order valence-corrected chi connectivity index (χ0v) is 9.11. The fourth-order valence-electron chi connectivity index (χ4n) is 1.27. The van der Waals surface area contributed by atoms with Crippen LogP contribution in [0.5, 0.6) is 0 Å². The van der Waals surface area contributed by atoms with E-state index in [0.717, 1.165) is 6.92 Å². The second-order valence-electron chi connectivity index (χ2n) is 3.09. The van der Waals surface area contributed by atoms with Gasteiger partial charge in [0.1, 0.15) is 4.90 Å². The molecule has 0 amide bonds. The third kappa shape index (κ3) is 1.89. The lowest BCUT2D eigenvalue weighted by atomic mass is 10.3. The summed E-state index contributed by atoms with van der Waals surface area (Å²) in [6.07, 6.45) is 0. The summed E-state index contributed by atoms with van der Waals surface area (Å²) in [6, 6.07) is 5.91. The SMILES string of the molecule is CC(=O)OC1=NS(=O)(=O)c2ccccc2N1. The Kier molecular flexibility index (Phi) is 2.39. The number of benzene rings is 1. The Morgan fingerprint density at radius 1 is 1.38 bits per heavy atom. The second kappa shape index (κ2) is 3.60. The number of nitrogens with zero attached hydrogens (tertiary/aromatic N) is 1. The minimum absolute atomic E-state index is 0.0610. The molecule has 0 radical (unpaired) electrons. The van der Waals surface area contributed by atoms with Gasteiger partial charge >= 0.3 is 12.0 Å².